The number of benzene rings is 2. The second kappa shape index (κ2) is 9.24. The van der Waals surface area contributed by atoms with Crippen LogP contribution in [0.15, 0.2) is 47.4 Å². The average molecular weight is 439 g/mol. The molecule has 2 aromatic carbocycles. The third-order valence-corrected chi connectivity index (χ3v) is 7.40. The summed E-state index contributed by atoms with van der Waals surface area (Å²) in [7, 11) is -3.67. The van der Waals surface area contributed by atoms with Crippen molar-refractivity contribution in [1.82, 2.24) is 9.62 Å². The molecule has 1 N–H and O–H groups in total. The average Bonchev–Trinajstić information content (AvgIpc) is 2.70. The summed E-state index contributed by atoms with van der Waals surface area (Å²) in [6.07, 6.45) is 2.17. The predicted octanol–water partition coefficient (Wildman–Crippen LogP) is 3.87. The Labute approximate surface area is 175 Å². The van der Waals surface area contributed by atoms with E-state index >= 15 is 0 Å². The van der Waals surface area contributed by atoms with E-state index in [1.165, 1.54) is 34.6 Å². The van der Waals surface area contributed by atoms with Gasteiger partial charge in [-0.1, -0.05) is 30.7 Å². The number of carbonyl (C=O) groups excluding carboxylic acids is 1. The fourth-order valence-corrected chi connectivity index (χ4v) is 4.98. The van der Waals surface area contributed by atoms with Crippen LogP contribution < -0.4 is 5.32 Å². The van der Waals surface area contributed by atoms with Gasteiger partial charge in [-0.3, -0.25) is 4.79 Å². The normalized spacial score (nSPS) is 16.0. The zero-order chi connectivity index (χ0) is 21.0. The van der Waals surface area contributed by atoms with Gasteiger partial charge in [0.15, 0.2) is 0 Å². The van der Waals surface area contributed by atoms with Crippen LogP contribution in [0.4, 0.5) is 4.39 Å². The monoisotopic (exact) mass is 438 g/mol. The molecular formula is C21H24ClFN2O3S. The number of rotatable bonds is 6. The number of carbonyl (C=O) groups is 1. The molecule has 0 bridgehead atoms. The predicted molar refractivity (Wildman–Crippen MR) is 111 cm³/mol. The Balaban J connectivity index is 1.69. The molecule has 156 valence electrons. The lowest BCUT2D eigenvalue weighted by Crippen LogP contribution is -2.38. The van der Waals surface area contributed by atoms with Gasteiger partial charge in [-0.2, -0.15) is 4.31 Å². The largest absolute Gasteiger partial charge is 0.352 e. The van der Waals surface area contributed by atoms with Crippen molar-refractivity contribution >= 4 is 27.5 Å². The summed E-state index contributed by atoms with van der Waals surface area (Å²) < 4.78 is 40.3. The molecule has 1 aliphatic heterocycles. The summed E-state index contributed by atoms with van der Waals surface area (Å²) in [6, 6.07) is 10.2. The molecule has 0 aromatic heterocycles. The molecule has 3 rings (SSSR count). The summed E-state index contributed by atoms with van der Waals surface area (Å²) in [6.45, 7) is 3.39. The Morgan fingerprint density at radius 1 is 1.17 bits per heavy atom. The van der Waals surface area contributed by atoms with E-state index in [0.29, 0.717) is 32.0 Å². The highest BCUT2D eigenvalue weighted by molar-refractivity contribution is 7.89. The first-order chi connectivity index (χ1) is 13.8. The topological polar surface area (TPSA) is 66.5 Å². The second-order valence-corrected chi connectivity index (χ2v) is 9.71. The third kappa shape index (κ3) is 5.35. The molecule has 29 heavy (non-hydrogen) atoms. The van der Waals surface area contributed by atoms with E-state index in [4.69, 9.17) is 11.6 Å². The van der Waals surface area contributed by atoms with Crippen LogP contribution in [0.25, 0.3) is 0 Å². The Morgan fingerprint density at radius 2 is 1.83 bits per heavy atom. The van der Waals surface area contributed by atoms with Gasteiger partial charge in [-0.25, -0.2) is 12.8 Å². The molecule has 5 nitrogen and oxygen atoms in total. The van der Waals surface area contributed by atoms with Crippen molar-refractivity contribution in [2.45, 2.75) is 31.1 Å². The van der Waals surface area contributed by atoms with Gasteiger partial charge >= 0.3 is 0 Å². The minimum Gasteiger partial charge on any atom is -0.352 e. The van der Waals surface area contributed by atoms with Crippen LogP contribution in [0.1, 0.15) is 35.7 Å². The van der Waals surface area contributed by atoms with E-state index in [9.17, 15) is 17.6 Å². The molecule has 1 saturated heterocycles. The van der Waals surface area contributed by atoms with Crippen molar-refractivity contribution in [1.29, 1.82) is 0 Å². The minimum absolute atomic E-state index is 0.0696. The zero-order valence-electron chi connectivity index (χ0n) is 16.2. The maximum Gasteiger partial charge on any atom is 0.252 e. The minimum atomic E-state index is -3.67. The Kier molecular flexibility index (Phi) is 6.93. The van der Waals surface area contributed by atoms with Crippen molar-refractivity contribution in [3.05, 3.63) is 64.4 Å². The molecule has 0 spiro atoms. The molecule has 1 aliphatic rings. The van der Waals surface area contributed by atoms with Crippen LogP contribution in [-0.4, -0.2) is 38.3 Å². The fourth-order valence-electron chi connectivity index (χ4n) is 3.28. The standard InChI is InChI=1S/C21H24ClFN2O3S/c1-15-9-12-25(13-10-15)29(27,28)18-6-7-20(22)19(14-18)21(26)24-11-8-16-2-4-17(23)5-3-16/h2-7,14-15H,8-13H2,1H3,(H,24,26). The Morgan fingerprint density at radius 3 is 2.48 bits per heavy atom. The van der Waals surface area contributed by atoms with Crippen molar-refractivity contribution < 1.29 is 17.6 Å². The number of halogens is 2. The van der Waals surface area contributed by atoms with Crippen LogP contribution in [0.5, 0.6) is 0 Å². The number of sulfonamides is 1. The lowest BCUT2D eigenvalue weighted by atomic mass is 10.0. The lowest BCUT2D eigenvalue weighted by molar-refractivity contribution is 0.0954. The van der Waals surface area contributed by atoms with E-state index in [0.717, 1.165) is 18.4 Å². The van der Waals surface area contributed by atoms with Crippen LogP contribution >= 0.6 is 11.6 Å². The quantitative estimate of drug-likeness (QED) is 0.744. The summed E-state index contributed by atoms with van der Waals surface area (Å²) in [5, 5.41) is 2.93. The van der Waals surface area contributed by atoms with E-state index in [-0.39, 0.29) is 21.3 Å². The van der Waals surface area contributed by atoms with Crippen molar-refractivity contribution in [2.24, 2.45) is 5.92 Å². The van der Waals surface area contributed by atoms with Crippen LogP contribution in [0.2, 0.25) is 5.02 Å². The van der Waals surface area contributed by atoms with E-state index in [1.54, 1.807) is 12.1 Å². The van der Waals surface area contributed by atoms with Gasteiger partial charge in [-0.15, -0.1) is 0 Å². The van der Waals surface area contributed by atoms with Crippen molar-refractivity contribution in [2.75, 3.05) is 19.6 Å². The molecule has 0 aliphatic carbocycles. The molecule has 8 heteroatoms. The number of piperidine rings is 1. The Hall–Kier alpha value is -1.96. The van der Waals surface area contributed by atoms with Gasteiger partial charge in [0.25, 0.3) is 5.91 Å². The molecule has 2 aromatic rings. The first kappa shape index (κ1) is 21.7. The fraction of sp³-hybridized carbons (Fsp3) is 0.381. The third-order valence-electron chi connectivity index (χ3n) is 5.18. The molecule has 1 fully saturated rings. The highest BCUT2D eigenvalue weighted by Crippen LogP contribution is 2.26. The molecule has 1 amide bonds. The molecular weight excluding hydrogens is 415 g/mol. The van der Waals surface area contributed by atoms with E-state index in [2.05, 4.69) is 12.2 Å². The van der Waals surface area contributed by atoms with Gasteiger partial charge in [-0.05, 0) is 61.1 Å². The van der Waals surface area contributed by atoms with E-state index < -0.39 is 15.9 Å². The van der Waals surface area contributed by atoms with Crippen molar-refractivity contribution in [3.8, 4) is 0 Å². The zero-order valence-corrected chi connectivity index (χ0v) is 17.8. The first-order valence-electron chi connectivity index (χ1n) is 9.59. The molecule has 0 radical (unpaired) electrons. The number of nitrogens with zero attached hydrogens (tertiary/aromatic N) is 1. The summed E-state index contributed by atoms with van der Waals surface area (Å²) in [4.78, 5) is 12.6. The van der Waals surface area contributed by atoms with Gasteiger partial charge in [0.1, 0.15) is 5.82 Å². The van der Waals surface area contributed by atoms with Crippen LogP contribution in [0.3, 0.4) is 0 Å². The number of hydrogen-bond acceptors (Lipinski definition) is 3. The number of amides is 1. The van der Waals surface area contributed by atoms with E-state index in [1.807, 2.05) is 0 Å². The maximum absolute atomic E-state index is 13.0. The number of hydrogen-bond donors (Lipinski definition) is 1. The lowest BCUT2D eigenvalue weighted by Gasteiger charge is -2.29. The first-order valence-corrected chi connectivity index (χ1v) is 11.4. The molecule has 0 saturated carbocycles. The summed E-state index contributed by atoms with van der Waals surface area (Å²) in [5.74, 6) is -0.249. The van der Waals surface area contributed by atoms with Gasteiger partial charge in [0, 0.05) is 19.6 Å². The summed E-state index contributed by atoms with van der Waals surface area (Å²) >= 11 is 6.15. The maximum atomic E-state index is 13.0. The smallest absolute Gasteiger partial charge is 0.252 e. The molecule has 0 atom stereocenters. The summed E-state index contributed by atoms with van der Waals surface area (Å²) in [5.41, 5.74) is 1.01. The van der Waals surface area contributed by atoms with Crippen molar-refractivity contribution in [3.63, 3.8) is 0 Å². The van der Waals surface area contributed by atoms with Gasteiger partial charge in [0.05, 0.1) is 15.5 Å². The van der Waals surface area contributed by atoms with Crippen LogP contribution in [0, 0.1) is 11.7 Å². The molecule has 1 heterocycles. The van der Waals surface area contributed by atoms with Gasteiger partial charge < -0.3 is 5.32 Å². The highest BCUT2D eigenvalue weighted by atomic mass is 35.5. The SMILES string of the molecule is CC1CCN(S(=O)(=O)c2ccc(Cl)c(C(=O)NCCc3ccc(F)cc3)c2)CC1. The number of nitrogens with one attached hydrogen (secondary N) is 1. The highest BCUT2D eigenvalue weighted by Gasteiger charge is 2.29. The van der Waals surface area contributed by atoms with Crippen LogP contribution in [-0.2, 0) is 16.4 Å². The molecule has 0 unspecified atom stereocenters. The Bertz CT molecular complexity index is 972. The second-order valence-electron chi connectivity index (χ2n) is 7.36. The van der Waals surface area contributed by atoms with Gasteiger partial charge in [0.2, 0.25) is 10.0 Å².